The predicted octanol–water partition coefficient (Wildman–Crippen LogP) is 2.89. The molecule has 0 aromatic heterocycles. The predicted molar refractivity (Wildman–Crippen MR) is 108 cm³/mol. The number of carbonyl (C=O) groups is 2. The number of carboxylic acid groups (broad SMARTS) is 1. The monoisotopic (exact) mass is 379 g/mol. The molecule has 6 nitrogen and oxygen atoms in total. The van der Waals surface area contributed by atoms with Crippen LogP contribution < -0.4 is 5.73 Å². The number of nitrogens with zero attached hydrogens (tertiary/aromatic N) is 1. The SMILES string of the molecule is N=C(N)c1ccc(-c2ccc(CC(=O)N3CCC(CC(=O)O)CC3)cc2)cc1. The van der Waals surface area contributed by atoms with Crippen molar-refractivity contribution < 1.29 is 14.7 Å². The van der Waals surface area contributed by atoms with Crippen LogP contribution in [0.25, 0.3) is 11.1 Å². The van der Waals surface area contributed by atoms with E-state index < -0.39 is 5.97 Å². The van der Waals surface area contributed by atoms with E-state index in [1.165, 1.54) is 0 Å². The summed E-state index contributed by atoms with van der Waals surface area (Å²) in [7, 11) is 0. The third-order valence-electron chi connectivity index (χ3n) is 5.27. The van der Waals surface area contributed by atoms with Gasteiger partial charge in [-0.05, 0) is 35.4 Å². The summed E-state index contributed by atoms with van der Waals surface area (Å²) < 4.78 is 0. The first-order valence-electron chi connectivity index (χ1n) is 9.45. The normalized spacial score (nSPS) is 14.6. The van der Waals surface area contributed by atoms with Crippen molar-refractivity contribution in [3.63, 3.8) is 0 Å². The Morgan fingerprint density at radius 1 is 1.00 bits per heavy atom. The molecule has 0 saturated carbocycles. The standard InChI is InChI=1S/C22H25N3O3/c23-22(24)19-7-5-18(6-8-19)17-3-1-15(2-4-17)13-20(26)25-11-9-16(10-12-25)14-21(27)28/h1-8,16H,9-14H2,(H3,23,24)(H,27,28). The highest BCUT2D eigenvalue weighted by molar-refractivity contribution is 5.95. The van der Waals surface area contributed by atoms with Crippen molar-refractivity contribution in [2.24, 2.45) is 11.7 Å². The number of likely N-dealkylation sites (tertiary alicyclic amines) is 1. The molecule has 1 heterocycles. The van der Waals surface area contributed by atoms with Gasteiger partial charge in [-0.15, -0.1) is 0 Å². The van der Waals surface area contributed by atoms with Crippen molar-refractivity contribution in [1.29, 1.82) is 5.41 Å². The van der Waals surface area contributed by atoms with Crippen LogP contribution in [0.15, 0.2) is 48.5 Å². The lowest BCUT2D eigenvalue weighted by molar-refractivity contribution is -0.138. The number of rotatable bonds is 6. The van der Waals surface area contributed by atoms with E-state index in [0.29, 0.717) is 25.1 Å². The van der Waals surface area contributed by atoms with Gasteiger partial charge in [0.05, 0.1) is 6.42 Å². The molecule has 1 aliphatic heterocycles. The second kappa shape index (κ2) is 8.69. The topological polar surface area (TPSA) is 107 Å². The zero-order chi connectivity index (χ0) is 20.1. The van der Waals surface area contributed by atoms with Gasteiger partial charge in [-0.1, -0.05) is 48.5 Å². The van der Waals surface area contributed by atoms with E-state index in [9.17, 15) is 9.59 Å². The summed E-state index contributed by atoms with van der Waals surface area (Å²) in [5.41, 5.74) is 9.21. The van der Waals surface area contributed by atoms with Crippen molar-refractivity contribution in [3.8, 4) is 11.1 Å². The minimum absolute atomic E-state index is 0.0485. The van der Waals surface area contributed by atoms with E-state index in [4.69, 9.17) is 16.2 Å². The number of amidine groups is 1. The van der Waals surface area contributed by atoms with Gasteiger partial charge >= 0.3 is 5.97 Å². The number of hydrogen-bond donors (Lipinski definition) is 3. The molecule has 1 fully saturated rings. The smallest absolute Gasteiger partial charge is 0.303 e. The molecule has 4 N–H and O–H groups in total. The van der Waals surface area contributed by atoms with E-state index >= 15 is 0 Å². The number of nitrogens with two attached hydrogens (primary N) is 1. The first-order chi connectivity index (χ1) is 13.4. The van der Waals surface area contributed by atoms with Crippen molar-refractivity contribution in [2.75, 3.05) is 13.1 Å². The number of nitrogen functional groups attached to an aromatic ring is 1. The molecule has 3 rings (SSSR count). The first kappa shape index (κ1) is 19.6. The molecule has 0 aliphatic carbocycles. The summed E-state index contributed by atoms with van der Waals surface area (Å²) in [6, 6.07) is 15.4. The minimum Gasteiger partial charge on any atom is -0.481 e. The van der Waals surface area contributed by atoms with Crippen LogP contribution in [0.2, 0.25) is 0 Å². The molecule has 1 amide bonds. The van der Waals surface area contributed by atoms with Gasteiger partial charge < -0.3 is 15.7 Å². The highest BCUT2D eigenvalue weighted by Crippen LogP contribution is 2.23. The number of hydrogen-bond acceptors (Lipinski definition) is 3. The van der Waals surface area contributed by atoms with Crippen LogP contribution in [0.3, 0.4) is 0 Å². The van der Waals surface area contributed by atoms with Gasteiger partial charge in [0.1, 0.15) is 5.84 Å². The van der Waals surface area contributed by atoms with Gasteiger partial charge in [0.25, 0.3) is 0 Å². The van der Waals surface area contributed by atoms with Crippen LogP contribution in [-0.2, 0) is 16.0 Å². The molecule has 0 spiro atoms. The Morgan fingerprint density at radius 2 is 1.54 bits per heavy atom. The molecule has 0 radical (unpaired) electrons. The highest BCUT2D eigenvalue weighted by atomic mass is 16.4. The van der Waals surface area contributed by atoms with Crippen molar-refractivity contribution >= 4 is 17.7 Å². The quantitative estimate of drug-likeness (QED) is 0.530. The van der Waals surface area contributed by atoms with E-state index in [1.54, 1.807) is 0 Å². The van der Waals surface area contributed by atoms with Gasteiger partial charge in [-0.2, -0.15) is 0 Å². The zero-order valence-electron chi connectivity index (χ0n) is 15.7. The Balaban J connectivity index is 1.56. The lowest BCUT2D eigenvalue weighted by Gasteiger charge is -2.31. The van der Waals surface area contributed by atoms with Crippen molar-refractivity contribution in [2.45, 2.75) is 25.7 Å². The average molecular weight is 379 g/mol. The highest BCUT2D eigenvalue weighted by Gasteiger charge is 2.24. The maximum Gasteiger partial charge on any atom is 0.303 e. The molecular weight excluding hydrogens is 354 g/mol. The summed E-state index contributed by atoms with van der Waals surface area (Å²) in [5.74, 6) is -0.448. The Bertz CT molecular complexity index is 852. The summed E-state index contributed by atoms with van der Waals surface area (Å²) >= 11 is 0. The third-order valence-corrected chi connectivity index (χ3v) is 5.27. The molecule has 1 saturated heterocycles. The van der Waals surface area contributed by atoms with E-state index in [0.717, 1.165) is 29.5 Å². The lowest BCUT2D eigenvalue weighted by atomic mass is 9.93. The van der Waals surface area contributed by atoms with E-state index in [1.807, 2.05) is 53.4 Å². The van der Waals surface area contributed by atoms with Gasteiger partial charge in [0, 0.05) is 25.1 Å². The summed E-state index contributed by atoms with van der Waals surface area (Å²) in [4.78, 5) is 25.2. The maximum absolute atomic E-state index is 12.5. The summed E-state index contributed by atoms with van der Waals surface area (Å²) in [6.45, 7) is 1.27. The summed E-state index contributed by atoms with van der Waals surface area (Å²) in [5, 5.41) is 16.3. The fourth-order valence-corrected chi connectivity index (χ4v) is 3.58. The summed E-state index contributed by atoms with van der Waals surface area (Å²) in [6.07, 6.45) is 2.06. The van der Waals surface area contributed by atoms with Crippen LogP contribution in [0.5, 0.6) is 0 Å². The number of benzene rings is 2. The zero-order valence-corrected chi connectivity index (χ0v) is 15.7. The largest absolute Gasteiger partial charge is 0.481 e. The fourth-order valence-electron chi connectivity index (χ4n) is 3.58. The van der Waals surface area contributed by atoms with Crippen LogP contribution in [-0.4, -0.2) is 40.8 Å². The first-order valence-corrected chi connectivity index (χ1v) is 9.45. The van der Waals surface area contributed by atoms with Gasteiger partial charge in [-0.3, -0.25) is 15.0 Å². The van der Waals surface area contributed by atoms with E-state index in [2.05, 4.69) is 0 Å². The molecule has 0 atom stereocenters. The van der Waals surface area contributed by atoms with Crippen LogP contribution in [0, 0.1) is 11.3 Å². The Labute approximate surface area is 164 Å². The van der Waals surface area contributed by atoms with Gasteiger partial charge in [0.2, 0.25) is 5.91 Å². The molecule has 2 aromatic carbocycles. The molecule has 0 bridgehead atoms. The Morgan fingerprint density at radius 3 is 2.04 bits per heavy atom. The van der Waals surface area contributed by atoms with Crippen LogP contribution in [0.4, 0.5) is 0 Å². The number of aliphatic carboxylic acids is 1. The van der Waals surface area contributed by atoms with Gasteiger partial charge in [0.15, 0.2) is 0 Å². The number of amides is 1. The molecule has 146 valence electrons. The number of piperidine rings is 1. The molecule has 2 aromatic rings. The second-order valence-electron chi connectivity index (χ2n) is 7.29. The second-order valence-corrected chi connectivity index (χ2v) is 7.29. The van der Waals surface area contributed by atoms with Crippen molar-refractivity contribution in [1.82, 2.24) is 4.90 Å². The molecule has 1 aliphatic rings. The molecular formula is C22H25N3O3. The fraction of sp³-hybridized carbons (Fsp3) is 0.318. The molecule has 6 heteroatoms. The van der Waals surface area contributed by atoms with Crippen LogP contribution >= 0.6 is 0 Å². The van der Waals surface area contributed by atoms with Crippen molar-refractivity contribution in [3.05, 3.63) is 59.7 Å². The average Bonchev–Trinajstić information content (AvgIpc) is 2.69. The van der Waals surface area contributed by atoms with Crippen LogP contribution in [0.1, 0.15) is 30.4 Å². The Hall–Kier alpha value is -3.15. The Kier molecular flexibility index (Phi) is 6.09. The lowest BCUT2D eigenvalue weighted by Crippen LogP contribution is -2.39. The minimum atomic E-state index is -0.763. The molecule has 0 unspecified atom stereocenters. The third kappa shape index (κ3) is 4.97. The van der Waals surface area contributed by atoms with E-state index in [-0.39, 0.29) is 24.1 Å². The van der Waals surface area contributed by atoms with Gasteiger partial charge in [-0.25, -0.2) is 0 Å². The molecule has 28 heavy (non-hydrogen) atoms. The number of carbonyl (C=O) groups excluding carboxylic acids is 1. The maximum atomic E-state index is 12.5. The number of carboxylic acids is 1. The number of nitrogens with one attached hydrogen (secondary N) is 1.